The summed E-state index contributed by atoms with van der Waals surface area (Å²) in [5, 5.41) is 15.1. The number of aromatic hydroxyl groups is 1. The zero-order valence-corrected chi connectivity index (χ0v) is 21.0. The van der Waals surface area contributed by atoms with Gasteiger partial charge in [0.15, 0.2) is 0 Å². The number of anilines is 1. The van der Waals surface area contributed by atoms with Crippen molar-refractivity contribution in [1.82, 2.24) is 10.2 Å². The van der Waals surface area contributed by atoms with Crippen LogP contribution in [0, 0.1) is 25.3 Å². The number of rotatable bonds is 7. The van der Waals surface area contributed by atoms with Crippen molar-refractivity contribution in [3.05, 3.63) is 59.7 Å². The number of hydrogen-bond acceptors (Lipinski definition) is 5. The number of hydrogen-bond donors (Lipinski definition) is 3. The SMILES string of the molecule is C#CN(C(=O)C(NC(=O)OC(C)(C)C)C(C)C)C(C(=O)Nc1ccccc1C)c1ccc(O)cc1. The van der Waals surface area contributed by atoms with Gasteiger partial charge in [0.1, 0.15) is 23.4 Å². The van der Waals surface area contributed by atoms with Gasteiger partial charge in [-0.05, 0) is 62.9 Å². The van der Waals surface area contributed by atoms with Gasteiger partial charge in [0.25, 0.3) is 11.8 Å². The highest BCUT2D eigenvalue weighted by molar-refractivity contribution is 6.00. The quantitative estimate of drug-likeness (QED) is 0.404. The molecule has 0 aliphatic carbocycles. The maximum absolute atomic E-state index is 13.6. The number of benzene rings is 2. The summed E-state index contributed by atoms with van der Waals surface area (Å²) in [6.45, 7) is 10.5. The van der Waals surface area contributed by atoms with Gasteiger partial charge in [0.05, 0.1) is 0 Å². The number of carbonyl (C=O) groups is 3. The summed E-state index contributed by atoms with van der Waals surface area (Å²) >= 11 is 0. The fourth-order valence-electron chi connectivity index (χ4n) is 3.35. The smallest absolute Gasteiger partial charge is 0.408 e. The Morgan fingerprint density at radius 1 is 1.06 bits per heavy atom. The van der Waals surface area contributed by atoms with Crippen LogP contribution in [0.2, 0.25) is 0 Å². The van der Waals surface area contributed by atoms with Crippen LogP contribution in [0.1, 0.15) is 51.8 Å². The monoisotopic (exact) mass is 479 g/mol. The van der Waals surface area contributed by atoms with Crippen LogP contribution in [0.5, 0.6) is 5.75 Å². The topological polar surface area (TPSA) is 108 Å². The minimum absolute atomic E-state index is 0.00274. The van der Waals surface area contributed by atoms with Gasteiger partial charge < -0.3 is 20.5 Å². The minimum atomic E-state index is -1.23. The Hall–Kier alpha value is -3.99. The lowest BCUT2D eigenvalue weighted by Gasteiger charge is -2.32. The van der Waals surface area contributed by atoms with E-state index in [9.17, 15) is 19.5 Å². The Morgan fingerprint density at radius 3 is 2.17 bits per heavy atom. The third-order valence-corrected chi connectivity index (χ3v) is 5.10. The first-order chi connectivity index (χ1) is 16.3. The molecule has 0 radical (unpaired) electrons. The summed E-state index contributed by atoms with van der Waals surface area (Å²) in [6, 6.07) is 13.1. The lowest BCUT2D eigenvalue weighted by molar-refractivity contribution is -0.137. The maximum Gasteiger partial charge on any atom is 0.408 e. The molecule has 0 saturated heterocycles. The Kier molecular flexibility index (Phi) is 8.90. The predicted molar refractivity (Wildman–Crippen MR) is 134 cm³/mol. The van der Waals surface area contributed by atoms with Crippen molar-refractivity contribution in [2.75, 3.05) is 5.32 Å². The van der Waals surface area contributed by atoms with Gasteiger partial charge in [-0.2, -0.15) is 0 Å². The molecule has 0 aliphatic heterocycles. The standard InChI is InChI=1S/C27H33N3O5/c1-8-30(25(33)22(17(2)3)29-26(34)35-27(5,6)7)23(19-13-15-20(31)16-14-19)24(32)28-21-12-10-9-11-18(21)4/h1,9-17,22-23,31H,2-7H3,(H,28,32)(H,29,34). The third kappa shape index (κ3) is 7.51. The molecule has 0 aromatic heterocycles. The lowest BCUT2D eigenvalue weighted by atomic mass is 9.99. The maximum atomic E-state index is 13.6. The van der Waals surface area contributed by atoms with E-state index in [1.54, 1.807) is 46.8 Å². The molecule has 0 spiro atoms. The number of terminal acetylenes is 1. The van der Waals surface area contributed by atoms with Crippen molar-refractivity contribution >= 4 is 23.6 Å². The van der Waals surface area contributed by atoms with Crippen LogP contribution in [0.4, 0.5) is 10.5 Å². The molecule has 0 fully saturated rings. The number of para-hydroxylation sites is 1. The molecule has 0 saturated carbocycles. The first-order valence-electron chi connectivity index (χ1n) is 11.3. The van der Waals surface area contributed by atoms with E-state index in [1.807, 2.05) is 19.1 Å². The van der Waals surface area contributed by atoms with Crippen LogP contribution >= 0.6 is 0 Å². The van der Waals surface area contributed by atoms with E-state index in [2.05, 4.69) is 16.7 Å². The molecule has 0 heterocycles. The Labute approximate surface area is 206 Å². The number of nitrogens with zero attached hydrogens (tertiary/aromatic N) is 1. The highest BCUT2D eigenvalue weighted by Crippen LogP contribution is 2.27. The van der Waals surface area contributed by atoms with E-state index in [4.69, 9.17) is 11.2 Å². The normalized spacial score (nSPS) is 12.7. The van der Waals surface area contributed by atoms with Gasteiger partial charge in [-0.25, -0.2) is 4.79 Å². The first kappa shape index (κ1) is 27.3. The van der Waals surface area contributed by atoms with Crippen LogP contribution in [0.3, 0.4) is 0 Å². The molecular formula is C27H33N3O5. The van der Waals surface area contributed by atoms with Gasteiger partial charge in [-0.3, -0.25) is 14.5 Å². The fraction of sp³-hybridized carbons (Fsp3) is 0.370. The molecule has 2 aromatic carbocycles. The van der Waals surface area contributed by atoms with Gasteiger partial charge in [0.2, 0.25) is 0 Å². The Morgan fingerprint density at radius 2 is 1.66 bits per heavy atom. The molecule has 2 aromatic rings. The number of phenolic OH excluding ortho intramolecular Hbond substituents is 1. The molecule has 8 nitrogen and oxygen atoms in total. The van der Waals surface area contributed by atoms with E-state index in [0.29, 0.717) is 11.3 Å². The summed E-state index contributed by atoms with van der Waals surface area (Å²) in [7, 11) is 0. The minimum Gasteiger partial charge on any atom is -0.508 e. The number of aryl methyl sites for hydroxylation is 1. The van der Waals surface area contributed by atoms with E-state index in [1.165, 1.54) is 24.3 Å². The number of nitrogens with one attached hydrogen (secondary N) is 2. The molecule has 2 unspecified atom stereocenters. The lowest BCUT2D eigenvalue weighted by Crippen LogP contribution is -2.53. The van der Waals surface area contributed by atoms with Crippen LogP contribution in [-0.4, -0.2) is 39.6 Å². The number of phenols is 1. The van der Waals surface area contributed by atoms with Crippen molar-refractivity contribution in [3.63, 3.8) is 0 Å². The molecule has 3 amide bonds. The van der Waals surface area contributed by atoms with E-state index < -0.39 is 35.6 Å². The molecule has 0 bridgehead atoms. The molecule has 3 N–H and O–H groups in total. The Bertz CT molecular complexity index is 1100. The average Bonchev–Trinajstić information content (AvgIpc) is 2.76. The number of alkyl carbamates (subject to hydrolysis) is 1. The molecule has 8 heteroatoms. The predicted octanol–water partition coefficient (Wildman–Crippen LogP) is 4.35. The van der Waals surface area contributed by atoms with Crippen molar-refractivity contribution in [1.29, 1.82) is 0 Å². The molecule has 2 rings (SSSR count). The summed E-state index contributed by atoms with van der Waals surface area (Å²) < 4.78 is 5.30. The summed E-state index contributed by atoms with van der Waals surface area (Å²) in [5.74, 6) is -1.55. The van der Waals surface area contributed by atoms with Crippen molar-refractivity contribution in [3.8, 4) is 18.2 Å². The Balaban J connectivity index is 2.45. The molecule has 35 heavy (non-hydrogen) atoms. The second-order valence-electron chi connectivity index (χ2n) is 9.50. The number of amides is 3. The van der Waals surface area contributed by atoms with Crippen molar-refractivity contribution in [2.45, 2.75) is 59.2 Å². The second kappa shape index (κ2) is 11.4. The van der Waals surface area contributed by atoms with E-state index in [-0.39, 0.29) is 11.7 Å². The highest BCUT2D eigenvalue weighted by atomic mass is 16.6. The van der Waals surface area contributed by atoms with E-state index >= 15 is 0 Å². The highest BCUT2D eigenvalue weighted by Gasteiger charge is 2.37. The van der Waals surface area contributed by atoms with Crippen molar-refractivity contribution in [2.24, 2.45) is 5.92 Å². The van der Waals surface area contributed by atoms with Gasteiger partial charge in [-0.1, -0.05) is 50.6 Å². The van der Waals surface area contributed by atoms with Crippen LogP contribution in [0.25, 0.3) is 0 Å². The van der Waals surface area contributed by atoms with E-state index in [0.717, 1.165) is 10.5 Å². The molecule has 0 aliphatic rings. The van der Waals surface area contributed by atoms with Gasteiger partial charge in [-0.15, -0.1) is 0 Å². The van der Waals surface area contributed by atoms with Crippen LogP contribution in [0.15, 0.2) is 48.5 Å². The second-order valence-corrected chi connectivity index (χ2v) is 9.50. The molecular weight excluding hydrogens is 446 g/mol. The van der Waals surface area contributed by atoms with Crippen LogP contribution < -0.4 is 10.6 Å². The third-order valence-electron chi connectivity index (χ3n) is 5.10. The summed E-state index contributed by atoms with van der Waals surface area (Å²) in [6.07, 6.45) is 4.98. The largest absolute Gasteiger partial charge is 0.508 e. The van der Waals surface area contributed by atoms with Gasteiger partial charge >= 0.3 is 6.09 Å². The zero-order chi connectivity index (χ0) is 26.3. The van der Waals surface area contributed by atoms with Gasteiger partial charge in [0, 0.05) is 11.7 Å². The zero-order valence-electron chi connectivity index (χ0n) is 21.0. The first-order valence-corrected chi connectivity index (χ1v) is 11.3. The fourth-order valence-corrected chi connectivity index (χ4v) is 3.35. The summed E-state index contributed by atoms with van der Waals surface area (Å²) in [5.41, 5.74) is 1.02. The number of carbonyl (C=O) groups excluding carboxylic acids is 3. The summed E-state index contributed by atoms with van der Waals surface area (Å²) in [4.78, 5) is 40.5. The van der Waals surface area contributed by atoms with Crippen LogP contribution in [-0.2, 0) is 14.3 Å². The molecule has 2 atom stereocenters. The number of ether oxygens (including phenoxy) is 1. The molecule has 186 valence electrons. The average molecular weight is 480 g/mol. The van der Waals surface area contributed by atoms with Crippen molar-refractivity contribution < 1.29 is 24.2 Å².